The van der Waals surface area contributed by atoms with Gasteiger partial charge in [-0.15, -0.1) is 0 Å². The molecular formula is C34H26N4O6. The third-order valence-corrected chi connectivity index (χ3v) is 7.47. The van der Waals surface area contributed by atoms with E-state index in [1.54, 1.807) is 24.3 Å². The fourth-order valence-corrected chi connectivity index (χ4v) is 4.92. The molecule has 218 valence electrons. The summed E-state index contributed by atoms with van der Waals surface area (Å²) in [6.45, 7) is 2.09. The molecule has 5 aromatic carbocycles. The number of anilines is 2. The first-order valence-corrected chi connectivity index (χ1v) is 13.5. The van der Waals surface area contributed by atoms with Gasteiger partial charge in [-0.05, 0) is 72.1 Å². The number of rotatable bonds is 9. The molecule has 0 fully saturated rings. The van der Waals surface area contributed by atoms with Gasteiger partial charge in [-0.2, -0.15) is 0 Å². The molecule has 5 aromatic rings. The number of amides is 2. The standard InChI is InChI=1S/C34H26N4O6/c1-34(25-5-3-2-4-6-25,26-11-15-28(16-12-26)35-32(39)23-7-19-30(20-8-23)37(41)42)27-13-17-29(18-14-27)36-33(40)24-9-21-31(22-10-24)38(43)44/h2-22H,1H3,(H,35,39)(H,36,40). The summed E-state index contributed by atoms with van der Waals surface area (Å²) in [5.41, 5.74) is 3.91. The lowest BCUT2D eigenvalue weighted by molar-refractivity contribution is -0.385. The smallest absolute Gasteiger partial charge is 0.269 e. The molecule has 0 saturated heterocycles. The highest BCUT2D eigenvalue weighted by Gasteiger charge is 2.31. The molecule has 0 aliphatic rings. The van der Waals surface area contributed by atoms with Gasteiger partial charge >= 0.3 is 0 Å². The van der Waals surface area contributed by atoms with E-state index in [1.807, 2.05) is 54.6 Å². The van der Waals surface area contributed by atoms with Gasteiger partial charge in [0.25, 0.3) is 23.2 Å². The fraction of sp³-hybridized carbons (Fsp3) is 0.0588. The first-order chi connectivity index (χ1) is 21.1. The largest absolute Gasteiger partial charge is 0.322 e. The number of hydrogen-bond acceptors (Lipinski definition) is 6. The monoisotopic (exact) mass is 586 g/mol. The Morgan fingerprint density at radius 1 is 0.523 bits per heavy atom. The molecule has 0 unspecified atom stereocenters. The molecule has 0 aliphatic heterocycles. The number of nitro benzene ring substituents is 2. The molecule has 0 heterocycles. The van der Waals surface area contributed by atoms with E-state index in [4.69, 9.17) is 0 Å². The van der Waals surface area contributed by atoms with Crippen LogP contribution in [-0.4, -0.2) is 21.7 Å². The minimum atomic E-state index is -0.594. The zero-order valence-corrected chi connectivity index (χ0v) is 23.5. The molecule has 0 bridgehead atoms. The highest BCUT2D eigenvalue weighted by Crippen LogP contribution is 2.39. The Morgan fingerprint density at radius 3 is 1.20 bits per heavy atom. The highest BCUT2D eigenvalue weighted by molar-refractivity contribution is 6.05. The Bertz CT molecular complexity index is 1710. The zero-order valence-electron chi connectivity index (χ0n) is 23.5. The summed E-state index contributed by atoms with van der Waals surface area (Å²) in [5, 5.41) is 27.5. The van der Waals surface area contributed by atoms with Crippen LogP contribution >= 0.6 is 0 Å². The van der Waals surface area contributed by atoms with Crippen molar-refractivity contribution in [3.05, 3.63) is 175 Å². The first-order valence-electron chi connectivity index (χ1n) is 13.5. The maximum Gasteiger partial charge on any atom is 0.269 e. The van der Waals surface area contributed by atoms with Crippen molar-refractivity contribution in [2.45, 2.75) is 12.3 Å². The number of nitrogens with one attached hydrogen (secondary N) is 2. The molecule has 5 rings (SSSR count). The minimum Gasteiger partial charge on any atom is -0.322 e. The zero-order chi connectivity index (χ0) is 31.3. The topological polar surface area (TPSA) is 144 Å². The van der Waals surface area contributed by atoms with E-state index in [1.165, 1.54) is 48.5 Å². The van der Waals surface area contributed by atoms with Crippen LogP contribution in [0.5, 0.6) is 0 Å². The predicted molar refractivity (Wildman–Crippen MR) is 167 cm³/mol. The van der Waals surface area contributed by atoms with Crippen LogP contribution in [0.25, 0.3) is 0 Å². The van der Waals surface area contributed by atoms with Gasteiger partial charge in [-0.25, -0.2) is 0 Å². The summed E-state index contributed by atoms with van der Waals surface area (Å²) in [7, 11) is 0. The number of nitrogens with zero attached hydrogens (tertiary/aromatic N) is 2. The van der Waals surface area contributed by atoms with Crippen LogP contribution in [0, 0.1) is 20.2 Å². The third-order valence-electron chi connectivity index (χ3n) is 7.47. The Balaban J connectivity index is 1.37. The first kappa shape index (κ1) is 29.3. The molecule has 2 amide bonds. The van der Waals surface area contributed by atoms with Crippen LogP contribution in [-0.2, 0) is 5.41 Å². The van der Waals surface area contributed by atoms with Crippen molar-refractivity contribution in [2.24, 2.45) is 0 Å². The van der Waals surface area contributed by atoms with Gasteiger partial charge in [-0.1, -0.05) is 54.6 Å². The van der Waals surface area contributed by atoms with Gasteiger partial charge in [0.15, 0.2) is 0 Å². The second-order valence-corrected chi connectivity index (χ2v) is 10.2. The van der Waals surface area contributed by atoms with Crippen molar-refractivity contribution in [3.63, 3.8) is 0 Å². The molecule has 44 heavy (non-hydrogen) atoms. The van der Waals surface area contributed by atoms with Crippen molar-refractivity contribution in [1.82, 2.24) is 0 Å². The van der Waals surface area contributed by atoms with E-state index < -0.39 is 15.3 Å². The van der Waals surface area contributed by atoms with E-state index in [-0.39, 0.29) is 23.2 Å². The minimum absolute atomic E-state index is 0.0917. The maximum atomic E-state index is 12.7. The lowest BCUT2D eigenvalue weighted by Crippen LogP contribution is -2.25. The molecule has 10 heteroatoms. The van der Waals surface area contributed by atoms with Crippen LogP contribution in [0.1, 0.15) is 44.3 Å². The van der Waals surface area contributed by atoms with Gasteiger partial charge in [0.05, 0.1) is 9.85 Å². The molecule has 0 spiro atoms. The number of carbonyl (C=O) groups is 2. The summed E-state index contributed by atoms with van der Waals surface area (Å²) in [5.74, 6) is -0.769. The number of non-ortho nitro benzene ring substituents is 2. The molecular weight excluding hydrogens is 560 g/mol. The number of carbonyl (C=O) groups excluding carboxylic acids is 2. The molecule has 2 N–H and O–H groups in total. The number of hydrogen-bond donors (Lipinski definition) is 2. The van der Waals surface area contributed by atoms with E-state index >= 15 is 0 Å². The Hall–Kier alpha value is -6.16. The van der Waals surface area contributed by atoms with E-state index in [0.29, 0.717) is 22.5 Å². The van der Waals surface area contributed by atoms with Crippen molar-refractivity contribution >= 4 is 34.6 Å². The van der Waals surface area contributed by atoms with Gasteiger partial charge in [0.2, 0.25) is 0 Å². The Morgan fingerprint density at radius 2 is 0.864 bits per heavy atom. The predicted octanol–water partition coefficient (Wildman–Crippen LogP) is 7.36. The van der Waals surface area contributed by atoms with Crippen molar-refractivity contribution < 1.29 is 19.4 Å². The van der Waals surface area contributed by atoms with Crippen LogP contribution in [0.4, 0.5) is 22.7 Å². The van der Waals surface area contributed by atoms with Crippen LogP contribution in [0.2, 0.25) is 0 Å². The Labute approximate surface area is 252 Å². The van der Waals surface area contributed by atoms with Gasteiger partial charge < -0.3 is 10.6 Å². The Kier molecular flexibility index (Phi) is 8.25. The quantitative estimate of drug-likeness (QED) is 0.105. The maximum absolute atomic E-state index is 12.7. The van der Waals surface area contributed by atoms with E-state index in [9.17, 15) is 29.8 Å². The molecule has 0 radical (unpaired) electrons. The normalized spacial score (nSPS) is 10.9. The lowest BCUT2D eigenvalue weighted by Gasteiger charge is -2.32. The number of benzene rings is 5. The fourth-order valence-electron chi connectivity index (χ4n) is 4.92. The second kappa shape index (κ2) is 12.4. The highest BCUT2D eigenvalue weighted by atomic mass is 16.6. The van der Waals surface area contributed by atoms with Gasteiger partial charge in [-0.3, -0.25) is 29.8 Å². The van der Waals surface area contributed by atoms with Gasteiger partial charge in [0, 0.05) is 52.2 Å². The van der Waals surface area contributed by atoms with Crippen LogP contribution in [0.3, 0.4) is 0 Å². The molecule has 0 atom stereocenters. The lowest BCUT2D eigenvalue weighted by atomic mass is 9.71. The second-order valence-electron chi connectivity index (χ2n) is 10.2. The van der Waals surface area contributed by atoms with Crippen LogP contribution < -0.4 is 10.6 Å². The summed E-state index contributed by atoms with van der Waals surface area (Å²) >= 11 is 0. The third kappa shape index (κ3) is 6.19. The summed E-state index contributed by atoms with van der Waals surface area (Å²) in [6.07, 6.45) is 0. The molecule has 0 aliphatic carbocycles. The summed E-state index contributed by atoms with van der Waals surface area (Å²) in [4.78, 5) is 46.2. The summed E-state index contributed by atoms with van der Waals surface area (Å²) < 4.78 is 0. The summed E-state index contributed by atoms with van der Waals surface area (Å²) in [6, 6.07) is 35.7. The van der Waals surface area contributed by atoms with Crippen LogP contribution in [0.15, 0.2) is 127 Å². The van der Waals surface area contributed by atoms with E-state index in [2.05, 4.69) is 17.6 Å². The molecule has 10 nitrogen and oxygen atoms in total. The van der Waals surface area contributed by atoms with E-state index in [0.717, 1.165) is 16.7 Å². The van der Waals surface area contributed by atoms with Crippen molar-refractivity contribution in [1.29, 1.82) is 0 Å². The molecule has 0 aromatic heterocycles. The van der Waals surface area contributed by atoms with Crippen molar-refractivity contribution in [2.75, 3.05) is 10.6 Å². The number of nitro groups is 2. The SMILES string of the molecule is CC(c1ccccc1)(c1ccc(NC(=O)c2ccc([N+](=O)[O-])cc2)cc1)c1ccc(NC(=O)c2ccc([N+](=O)[O-])cc2)cc1. The average molecular weight is 587 g/mol. The van der Waals surface area contributed by atoms with Crippen molar-refractivity contribution in [3.8, 4) is 0 Å². The molecule has 0 saturated carbocycles. The van der Waals surface area contributed by atoms with Gasteiger partial charge in [0.1, 0.15) is 0 Å². The average Bonchev–Trinajstić information content (AvgIpc) is 3.05.